The summed E-state index contributed by atoms with van der Waals surface area (Å²) in [5.74, 6) is -2.16. The number of carbonyl (C=O) groups is 2. The Bertz CT molecular complexity index is 1040. The van der Waals surface area contributed by atoms with Crippen molar-refractivity contribution in [1.29, 1.82) is 0 Å². The third-order valence-corrected chi connectivity index (χ3v) is 3.99. The van der Waals surface area contributed by atoms with E-state index < -0.39 is 29.2 Å². The molecule has 0 spiro atoms. The Labute approximate surface area is 164 Å². The van der Waals surface area contributed by atoms with Gasteiger partial charge in [-0.3, -0.25) is 0 Å². The van der Waals surface area contributed by atoms with Gasteiger partial charge in [0.05, 0.1) is 16.7 Å². The van der Waals surface area contributed by atoms with E-state index in [1.54, 1.807) is 30.3 Å². The van der Waals surface area contributed by atoms with Gasteiger partial charge in [0.25, 0.3) is 0 Å². The van der Waals surface area contributed by atoms with Gasteiger partial charge in [-0.1, -0.05) is 42.0 Å². The summed E-state index contributed by atoms with van der Waals surface area (Å²) in [6, 6.07) is 16.7. The maximum Gasteiger partial charge on any atom is 0.417 e. The smallest absolute Gasteiger partial charge is 0.417 e. The van der Waals surface area contributed by atoms with Crippen molar-refractivity contribution >= 4 is 11.9 Å². The lowest BCUT2D eigenvalue weighted by Gasteiger charge is -2.13. The van der Waals surface area contributed by atoms with Gasteiger partial charge in [0.15, 0.2) is 11.5 Å². The molecule has 0 aromatic heterocycles. The number of para-hydroxylation sites is 2. The van der Waals surface area contributed by atoms with Gasteiger partial charge in [-0.2, -0.15) is 13.2 Å². The topological polar surface area (TPSA) is 52.6 Å². The first kappa shape index (κ1) is 20.1. The van der Waals surface area contributed by atoms with Crippen LogP contribution >= 0.6 is 0 Å². The molecule has 0 aliphatic heterocycles. The summed E-state index contributed by atoms with van der Waals surface area (Å²) in [5, 5.41) is 0. The van der Waals surface area contributed by atoms with Crippen molar-refractivity contribution in [2.24, 2.45) is 0 Å². The molecule has 0 atom stereocenters. The lowest BCUT2D eigenvalue weighted by molar-refractivity contribution is -0.138. The molecule has 0 radical (unpaired) electrons. The summed E-state index contributed by atoms with van der Waals surface area (Å²) in [7, 11) is 0. The van der Waals surface area contributed by atoms with Gasteiger partial charge in [-0.15, -0.1) is 0 Å². The molecule has 0 amide bonds. The molecular formula is C22H15F3O4. The summed E-state index contributed by atoms with van der Waals surface area (Å²) < 4.78 is 49.8. The molecular weight excluding hydrogens is 385 g/mol. The number of alkyl halides is 3. The van der Waals surface area contributed by atoms with Gasteiger partial charge < -0.3 is 9.47 Å². The zero-order valence-corrected chi connectivity index (χ0v) is 15.2. The second-order valence-corrected chi connectivity index (χ2v) is 6.14. The Kier molecular flexibility index (Phi) is 5.68. The average molecular weight is 400 g/mol. The molecule has 0 aliphatic carbocycles. The SMILES string of the molecule is Cc1ccc(C(=O)Oc2ccccc2OC(=O)c2ccccc2C(F)(F)F)cc1. The second-order valence-electron chi connectivity index (χ2n) is 6.14. The highest BCUT2D eigenvalue weighted by Crippen LogP contribution is 2.33. The summed E-state index contributed by atoms with van der Waals surface area (Å²) in [6.45, 7) is 1.86. The highest BCUT2D eigenvalue weighted by atomic mass is 19.4. The van der Waals surface area contributed by atoms with Crippen LogP contribution in [-0.4, -0.2) is 11.9 Å². The highest BCUT2D eigenvalue weighted by Gasteiger charge is 2.35. The Morgan fingerprint density at radius 3 is 1.83 bits per heavy atom. The zero-order chi connectivity index (χ0) is 21.0. The number of carbonyl (C=O) groups excluding carboxylic acids is 2. The van der Waals surface area contributed by atoms with Crippen molar-refractivity contribution in [3.63, 3.8) is 0 Å². The van der Waals surface area contributed by atoms with Crippen molar-refractivity contribution in [2.45, 2.75) is 13.1 Å². The van der Waals surface area contributed by atoms with E-state index in [-0.39, 0.29) is 17.1 Å². The van der Waals surface area contributed by atoms with E-state index in [2.05, 4.69) is 0 Å². The summed E-state index contributed by atoms with van der Waals surface area (Å²) in [4.78, 5) is 24.7. The van der Waals surface area contributed by atoms with Gasteiger partial charge >= 0.3 is 18.1 Å². The van der Waals surface area contributed by atoms with Crippen LogP contribution in [0.4, 0.5) is 13.2 Å². The van der Waals surface area contributed by atoms with Crippen LogP contribution in [0.25, 0.3) is 0 Å². The third-order valence-electron chi connectivity index (χ3n) is 3.99. The minimum atomic E-state index is -4.72. The van der Waals surface area contributed by atoms with Crippen molar-refractivity contribution < 1.29 is 32.2 Å². The quantitative estimate of drug-likeness (QED) is 0.432. The molecule has 0 bridgehead atoms. The molecule has 7 heteroatoms. The molecule has 0 aliphatic rings. The van der Waals surface area contributed by atoms with Crippen LogP contribution in [-0.2, 0) is 6.18 Å². The fraction of sp³-hybridized carbons (Fsp3) is 0.0909. The molecule has 0 unspecified atom stereocenters. The molecule has 3 aromatic carbocycles. The highest BCUT2D eigenvalue weighted by molar-refractivity contribution is 5.94. The van der Waals surface area contributed by atoms with E-state index in [1.165, 1.54) is 30.3 Å². The van der Waals surface area contributed by atoms with Crippen LogP contribution < -0.4 is 9.47 Å². The largest absolute Gasteiger partial charge is 0.419 e. The van der Waals surface area contributed by atoms with Crippen LogP contribution in [0.1, 0.15) is 31.8 Å². The van der Waals surface area contributed by atoms with E-state index in [0.717, 1.165) is 17.7 Å². The van der Waals surface area contributed by atoms with Crippen molar-refractivity contribution in [1.82, 2.24) is 0 Å². The van der Waals surface area contributed by atoms with Gasteiger partial charge in [-0.25, -0.2) is 9.59 Å². The first-order valence-corrected chi connectivity index (χ1v) is 8.52. The van der Waals surface area contributed by atoms with Crippen LogP contribution in [0.5, 0.6) is 11.5 Å². The fourth-order valence-corrected chi connectivity index (χ4v) is 2.53. The van der Waals surface area contributed by atoms with Crippen LogP contribution in [0.3, 0.4) is 0 Å². The molecule has 0 N–H and O–H groups in total. The molecule has 148 valence electrons. The lowest BCUT2D eigenvalue weighted by Crippen LogP contribution is -2.17. The molecule has 29 heavy (non-hydrogen) atoms. The maximum absolute atomic E-state index is 13.1. The van der Waals surface area contributed by atoms with Crippen LogP contribution in [0.15, 0.2) is 72.8 Å². The normalized spacial score (nSPS) is 11.0. The zero-order valence-electron chi connectivity index (χ0n) is 15.2. The van der Waals surface area contributed by atoms with Gasteiger partial charge in [0.1, 0.15) is 0 Å². The van der Waals surface area contributed by atoms with Gasteiger partial charge in [0.2, 0.25) is 0 Å². The molecule has 3 aromatic rings. The molecule has 3 rings (SSSR count). The van der Waals surface area contributed by atoms with Crippen molar-refractivity contribution in [2.75, 3.05) is 0 Å². The van der Waals surface area contributed by atoms with E-state index in [0.29, 0.717) is 0 Å². The van der Waals surface area contributed by atoms with E-state index >= 15 is 0 Å². The summed E-state index contributed by atoms with van der Waals surface area (Å²) in [5.41, 5.74) is -0.517. The predicted molar refractivity (Wildman–Crippen MR) is 99.0 cm³/mol. The van der Waals surface area contributed by atoms with Gasteiger partial charge in [0, 0.05) is 0 Å². The van der Waals surface area contributed by atoms with E-state index in [9.17, 15) is 22.8 Å². The Morgan fingerprint density at radius 1 is 0.724 bits per heavy atom. The maximum atomic E-state index is 13.1. The lowest BCUT2D eigenvalue weighted by atomic mass is 10.1. The second kappa shape index (κ2) is 8.18. The minimum absolute atomic E-state index is 0.0871. The first-order valence-electron chi connectivity index (χ1n) is 8.52. The Morgan fingerprint density at radius 2 is 1.24 bits per heavy atom. The first-order chi connectivity index (χ1) is 13.8. The predicted octanol–water partition coefficient (Wildman–Crippen LogP) is 5.45. The Hall–Kier alpha value is -3.61. The molecule has 4 nitrogen and oxygen atoms in total. The Balaban J connectivity index is 1.84. The number of benzene rings is 3. The average Bonchev–Trinajstić information content (AvgIpc) is 2.69. The number of rotatable bonds is 4. The summed E-state index contributed by atoms with van der Waals surface area (Å²) in [6.07, 6.45) is -4.72. The minimum Gasteiger partial charge on any atom is -0.419 e. The third kappa shape index (κ3) is 4.82. The number of hydrogen-bond acceptors (Lipinski definition) is 4. The van der Waals surface area contributed by atoms with Crippen LogP contribution in [0.2, 0.25) is 0 Å². The fourth-order valence-electron chi connectivity index (χ4n) is 2.53. The number of hydrogen-bond donors (Lipinski definition) is 0. The van der Waals surface area contributed by atoms with E-state index in [1.807, 2.05) is 6.92 Å². The molecule has 0 heterocycles. The number of ether oxygens (including phenoxy) is 2. The van der Waals surface area contributed by atoms with Crippen LogP contribution in [0, 0.1) is 6.92 Å². The van der Waals surface area contributed by atoms with Crippen molar-refractivity contribution in [3.05, 3.63) is 95.1 Å². The number of esters is 2. The summed E-state index contributed by atoms with van der Waals surface area (Å²) >= 11 is 0. The van der Waals surface area contributed by atoms with Gasteiger partial charge in [-0.05, 0) is 43.3 Å². The van der Waals surface area contributed by atoms with Crippen molar-refractivity contribution in [3.8, 4) is 11.5 Å². The molecule has 0 saturated carbocycles. The monoisotopic (exact) mass is 400 g/mol. The molecule has 0 fully saturated rings. The number of aryl methyl sites for hydroxylation is 1. The standard InChI is InChI=1S/C22H15F3O4/c1-14-10-12-15(13-11-14)20(26)28-18-8-4-5-9-19(18)29-21(27)16-6-2-3-7-17(16)22(23,24)25/h2-13H,1H3. The van der Waals surface area contributed by atoms with E-state index in [4.69, 9.17) is 9.47 Å². The number of halogens is 3. The molecule has 0 saturated heterocycles.